The number of carboxylic acid groups (broad SMARTS) is 2. The molecule has 0 aliphatic rings. The molecule has 14 nitrogen and oxygen atoms in total. The number of para-hydroxylation sites is 1. The van der Waals surface area contributed by atoms with Crippen molar-refractivity contribution < 1.29 is 39.0 Å². The average molecular weight is 565 g/mol. The first-order chi connectivity index (χ1) is 18.4. The molecule has 4 atom stereocenters. The SMILES string of the molecule is CSCCC(N)C(=O)NC(CC(=O)O)C(=O)NC(CC(N)=O)C(=O)NC(Cc1c[nH]c2ccccc12)C(=O)O. The highest BCUT2D eigenvalue weighted by Gasteiger charge is 2.32. The fourth-order valence-electron chi connectivity index (χ4n) is 3.71. The molecule has 1 aromatic carbocycles. The van der Waals surface area contributed by atoms with Gasteiger partial charge < -0.3 is 42.6 Å². The molecule has 4 amide bonds. The quantitative estimate of drug-likeness (QED) is 0.119. The first-order valence-electron chi connectivity index (χ1n) is 11.9. The van der Waals surface area contributed by atoms with Crippen LogP contribution in [0.2, 0.25) is 0 Å². The minimum absolute atomic E-state index is 0.117. The highest BCUT2D eigenvalue weighted by Crippen LogP contribution is 2.19. The number of nitrogens with one attached hydrogen (secondary N) is 4. The summed E-state index contributed by atoms with van der Waals surface area (Å²) in [5.74, 6) is -6.13. The summed E-state index contributed by atoms with van der Waals surface area (Å²) in [6, 6.07) is 1.44. The summed E-state index contributed by atoms with van der Waals surface area (Å²) >= 11 is 1.44. The lowest BCUT2D eigenvalue weighted by Crippen LogP contribution is -2.58. The molecule has 0 aliphatic carbocycles. The Balaban J connectivity index is 2.17. The summed E-state index contributed by atoms with van der Waals surface area (Å²) in [5, 5.41) is 26.4. The van der Waals surface area contributed by atoms with Crippen molar-refractivity contribution >= 4 is 58.2 Å². The van der Waals surface area contributed by atoms with Crippen LogP contribution in [0.15, 0.2) is 30.5 Å². The van der Waals surface area contributed by atoms with Crippen LogP contribution in [0.3, 0.4) is 0 Å². The van der Waals surface area contributed by atoms with Crippen LogP contribution in [0.1, 0.15) is 24.8 Å². The molecule has 1 aromatic heterocycles. The Bertz CT molecular complexity index is 1220. The Morgan fingerprint density at radius 2 is 1.51 bits per heavy atom. The zero-order chi connectivity index (χ0) is 29.1. The number of hydrogen-bond donors (Lipinski definition) is 8. The third-order valence-electron chi connectivity index (χ3n) is 5.73. The van der Waals surface area contributed by atoms with Gasteiger partial charge in [-0.3, -0.25) is 24.0 Å². The number of benzene rings is 1. The number of rotatable bonds is 16. The van der Waals surface area contributed by atoms with E-state index in [1.807, 2.05) is 6.26 Å². The van der Waals surface area contributed by atoms with Crippen LogP contribution in [-0.2, 0) is 35.2 Å². The molecule has 15 heteroatoms. The first kappa shape index (κ1) is 31.1. The van der Waals surface area contributed by atoms with Crippen LogP contribution >= 0.6 is 11.8 Å². The van der Waals surface area contributed by atoms with E-state index < -0.39 is 72.6 Å². The third-order valence-corrected chi connectivity index (χ3v) is 6.38. The normalized spacial score (nSPS) is 14.0. The number of carbonyl (C=O) groups is 6. The summed E-state index contributed by atoms with van der Waals surface area (Å²) < 4.78 is 0. The fourth-order valence-corrected chi connectivity index (χ4v) is 4.20. The zero-order valence-electron chi connectivity index (χ0n) is 21.1. The molecule has 0 saturated heterocycles. The van der Waals surface area contributed by atoms with Crippen molar-refractivity contribution in [2.45, 2.75) is 49.9 Å². The highest BCUT2D eigenvalue weighted by atomic mass is 32.2. The van der Waals surface area contributed by atoms with E-state index in [4.69, 9.17) is 11.5 Å². The smallest absolute Gasteiger partial charge is 0.326 e. The van der Waals surface area contributed by atoms with Gasteiger partial charge >= 0.3 is 11.9 Å². The number of carboxylic acids is 2. The highest BCUT2D eigenvalue weighted by molar-refractivity contribution is 7.98. The topological polar surface area (TPSA) is 247 Å². The Kier molecular flexibility index (Phi) is 11.7. The number of thioether (sulfide) groups is 1. The summed E-state index contributed by atoms with van der Waals surface area (Å²) in [6.45, 7) is 0. The maximum atomic E-state index is 13.0. The van der Waals surface area contributed by atoms with E-state index in [0.717, 1.165) is 10.9 Å². The molecule has 212 valence electrons. The van der Waals surface area contributed by atoms with Crippen molar-refractivity contribution in [3.8, 4) is 0 Å². The molecular formula is C24H32N6O8S. The van der Waals surface area contributed by atoms with E-state index in [1.165, 1.54) is 11.8 Å². The Labute approximate surface area is 227 Å². The lowest BCUT2D eigenvalue weighted by atomic mass is 10.0. The van der Waals surface area contributed by atoms with Crippen molar-refractivity contribution in [2.75, 3.05) is 12.0 Å². The fraction of sp³-hybridized carbons (Fsp3) is 0.417. The van der Waals surface area contributed by atoms with Crippen molar-refractivity contribution in [2.24, 2.45) is 11.5 Å². The maximum absolute atomic E-state index is 13.0. The molecule has 0 bridgehead atoms. The Hall–Kier alpha value is -4.11. The van der Waals surface area contributed by atoms with Crippen LogP contribution in [0.5, 0.6) is 0 Å². The Morgan fingerprint density at radius 1 is 0.923 bits per heavy atom. The molecule has 0 radical (unpaired) electrons. The molecule has 0 spiro atoms. The number of carbonyl (C=O) groups excluding carboxylic acids is 4. The van der Waals surface area contributed by atoms with Gasteiger partial charge in [0.2, 0.25) is 23.6 Å². The number of nitrogens with two attached hydrogens (primary N) is 2. The maximum Gasteiger partial charge on any atom is 0.326 e. The van der Waals surface area contributed by atoms with E-state index in [2.05, 4.69) is 20.9 Å². The monoisotopic (exact) mass is 564 g/mol. The lowest BCUT2D eigenvalue weighted by molar-refractivity contribution is -0.143. The lowest BCUT2D eigenvalue weighted by Gasteiger charge is -2.24. The second kappa shape index (κ2) is 14.7. The van der Waals surface area contributed by atoms with Crippen molar-refractivity contribution in [1.29, 1.82) is 0 Å². The molecule has 2 aromatic rings. The summed E-state index contributed by atoms with van der Waals surface area (Å²) in [4.78, 5) is 76.1. The molecule has 0 aliphatic heterocycles. The molecule has 1 heterocycles. The van der Waals surface area contributed by atoms with Crippen molar-refractivity contribution in [3.63, 3.8) is 0 Å². The van der Waals surface area contributed by atoms with Gasteiger partial charge in [-0.1, -0.05) is 18.2 Å². The standard InChI is InChI=1S/C24H32N6O8S/c1-39-7-6-14(25)21(34)28-17(10-20(32)33)23(36)29-16(9-19(26)31)22(35)30-18(24(37)38)8-12-11-27-15-5-3-2-4-13(12)15/h2-5,11,14,16-18,27H,6-10,25H2,1H3,(H2,26,31)(H,28,34)(H,29,36)(H,30,35)(H,32,33)(H,37,38). The predicted molar refractivity (Wildman–Crippen MR) is 142 cm³/mol. The number of aromatic amines is 1. The molecule has 4 unspecified atom stereocenters. The predicted octanol–water partition coefficient (Wildman–Crippen LogP) is -1.32. The molecule has 39 heavy (non-hydrogen) atoms. The van der Waals surface area contributed by atoms with Gasteiger partial charge in [0.25, 0.3) is 0 Å². The number of aromatic nitrogens is 1. The van der Waals surface area contributed by atoms with Crippen LogP contribution in [0.25, 0.3) is 10.9 Å². The van der Waals surface area contributed by atoms with Gasteiger partial charge in [-0.15, -0.1) is 0 Å². The number of H-pyrrole nitrogens is 1. The number of primary amides is 1. The van der Waals surface area contributed by atoms with Crippen LogP contribution in [0, 0.1) is 0 Å². The average Bonchev–Trinajstić information content (AvgIpc) is 3.28. The molecule has 0 fully saturated rings. The second-order valence-corrected chi connectivity index (χ2v) is 9.73. The van der Waals surface area contributed by atoms with Gasteiger partial charge in [0.15, 0.2) is 0 Å². The zero-order valence-corrected chi connectivity index (χ0v) is 22.0. The summed E-state index contributed by atoms with van der Waals surface area (Å²) in [6.07, 6.45) is 2.03. The minimum atomic E-state index is -1.64. The van der Waals surface area contributed by atoms with E-state index in [-0.39, 0.29) is 12.8 Å². The van der Waals surface area contributed by atoms with Crippen molar-refractivity contribution in [3.05, 3.63) is 36.0 Å². The van der Waals surface area contributed by atoms with E-state index in [9.17, 15) is 39.0 Å². The summed E-state index contributed by atoms with van der Waals surface area (Å²) in [5.41, 5.74) is 12.4. The summed E-state index contributed by atoms with van der Waals surface area (Å²) in [7, 11) is 0. The van der Waals surface area contributed by atoms with E-state index >= 15 is 0 Å². The van der Waals surface area contributed by atoms with Gasteiger partial charge in [-0.25, -0.2) is 4.79 Å². The number of fused-ring (bicyclic) bond motifs is 1. The van der Waals surface area contributed by atoms with Gasteiger partial charge in [0.05, 0.1) is 18.9 Å². The van der Waals surface area contributed by atoms with Gasteiger partial charge in [0.1, 0.15) is 18.1 Å². The molecule has 10 N–H and O–H groups in total. The van der Waals surface area contributed by atoms with Gasteiger partial charge in [-0.2, -0.15) is 11.8 Å². The van der Waals surface area contributed by atoms with Crippen LogP contribution in [0.4, 0.5) is 0 Å². The van der Waals surface area contributed by atoms with Gasteiger partial charge in [-0.05, 0) is 30.1 Å². The minimum Gasteiger partial charge on any atom is -0.481 e. The Morgan fingerprint density at radius 3 is 2.10 bits per heavy atom. The molecular weight excluding hydrogens is 532 g/mol. The second-order valence-electron chi connectivity index (χ2n) is 8.74. The molecule has 2 rings (SSSR count). The van der Waals surface area contributed by atoms with Crippen molar-refractivity contribution in [1.82, 2.24) is 20.9 Å². The number of amides is 4. The first-order valence-corrected chi connectivity index (χ1v) is 13.3. The number of hydrogen-bond acceptors (Lipinski definition) is 8. The van der Waals surface area contributed by atoms with Crippen LogP contribution in [-0.4, -0.2) is 86.9 Å². The largest absolute Gasteiger partial charge is 0.481 e. The van der Waals surface area contributed by atoms with Gasteiger partial charge in [0, 0.05) is 23.5 Å². The van der Waals surface area contributed by atoms with Crippen LogP contribution < -0.4 is 27.4 Å². The number of aliphatic carboxylic acids is 2. The van der Waals surface area contributed by atoms with E-state index in [0.29, 0.717) is 11.3 Å². The third kappa shape index (κ3) is 9.61. The molecule has 0 saturated carbocycles. The van der Waals surface area contributed by atoms with E-state index in [1.54, 1.807) is 30.5 Å².